The van der Waals surface area contributed by atoms with Crippen LogP contribution in [0.1, 0.15) is 155 Å². The maximum absolute atomic E-state index is 13.6. The zero-order valence-corrected chi connectivity index (χ0v) is 33.2. The van der Waals surface area contributed by atoms with Gasteiger partial charge in [0.2, 0.25) is 0 Å². The molecule has 11 heteroatoms. The second kappa shape index (κ2) is 31.7. The fourth-order valence-electron chi connectivity index (χ4n) is 5.40. The van der Waals surface area contributed by atoms with Gasteiger partial charge in [-0.15, -0.1) is 0 Å². The number of carbonyl (C=O) groups excluding carboxylic acids is 3. The van der Waals surface area contributed by atoms with E-state index >= 15 is 0 Å². The molecule has 0 aliphatic carbocycles. The number of rotatable bonds is 35. The number of ether oxygens (including phenoxy) is 2. The summed E-state index contributed by atoms with van der Waals surface area (Å²) in [6, 6.07) is 0. The van der Waals surface area contributed by atoms with E-state index in [2.05, 4.69) is 4.90 Å². The third-order valence-corrected chi connectivity index (χ3v) is 11.2. The molecule has 0 rings (SSSR count). The minimum atomic E-state index is -2.80. The van der Waals surface area contributed by atoms with Gasteiger partial charge in [-0.1, -0.05) is 77.4 Å². The molecule has 0 aromatic heterocycles. The van der Waals surface area contributed by atoms with Crippen LogP contribution in [0.5, 0.6) is 0 Å². The molecule has 0 aromatic carbocycles. The van der Waals surface area contributed by atoms with E-state index in [1.54, 1.807) is 0 Å². The summed E-state index contributed by atoms with van der Waals surface area (Å²) in [7, 11) is 3.36. The van der Waals surface area contributed by atoms with Gasteiger partial charge in [-0.05, 0) is 111 Å². The van der Waals surface area contributed by atoms with Crippen molar-refractivity contribution in [3.8, 4) is 0 Å². The number of esters is 2. The Morgan fingerprint density at radius 1 is 0.588 bits per heavy atom. The smallest absolute Gasteiger partial charge is 0.305 e. The summed E-state index contributed by atoms with van der Waals surface area (Å²) in [6.45, 7) is 4.89. The molecule has 0 N–H and O–H groups in total. The minimum absolute atomic E-state index is 0.118. The lowest BCUT2D eigenvalue weighted by Gasteiger charge is -2.17. The average Bonchev–Trinajstić information content (AvgIpc) is 3.07. The Balaban J connectivity index is 4.20. The van der Waals surface area contributed by atoms with Gasteiger partial charge in [0, 0.05) is 32.1 Å². The number of hydrogen-bond acceptors (Lipinski definition) is 6. The molecule has 298 valence electrons. The Labute approximate surface area is 308 Å². The van der Waals surface area contributed by atoms with Gasteiger partial charge in [0.1, 0.15) is 0 Å². The Bertz CT molecular complexity index is 899. The van der Waals surface area contributed by atoms with Crippen molar-refractivity contribution in [2.75, 3.05) is 46.2 Å². The van der Waals surface area contributed by atoms with Gasteiger partial charge >= 0.3 is 11.9 Å². The van der Waals surface area contributed by atoms with Crippen molar-refractivity contribution in [1.29, 1.82) is 0 Å². The van der Waals surface area contributed by atoms with Crippen molar-refractivity contribution in [2.24, 2.45) is 0 Å². The molecule has 6 nitrogen and oxygen atoms in total. The Morgan fingerprint density at radius 3 is 1.41 bits per heavy atom. The fraction of sp³-hybridized carbons (Fsp3) is 0.825. The van der Waals surface area contributed by atoms with Crippen molar-refractivity contribution in [1.82, 2.24) is 4.90 Å². The number of unbranched alkanes of at least 4 members (excludes halogenated alkanes) is 10. The lowest BCUT2D eigenvalue weighted by atomic mass is 10.1. The number of carbonyl (C=O) groups is 3. The molecule has 0 radical (unpaired) electrons. The topological polar surface area (TPSA) is 72.9 Å². The molecule has 0 spiro atoms. The van der Waals surface area contributed by atoms with Gasteiger partial charge in [-0.25, -0.2) is 17.6 Å². The summed E-state index contributed by atoms with van der Waals surface area (Å²) in [5.41, 5.74) is 0.413. The highest BCUT2D eigenvalue weighted by Gasteiger charge is 2.24. The molecule has 0 amide bonds. The maximum Gasteiger partial charge on any atom is 0.305 e. The molecular formula is C40H70F4NO5P. The predicted molar refractivity (Wildman–Crippen MR) is 203 cm³/mol. The number of nitrogens with zero attached hydrogens (tertiary/aromatic N) is 1. The summed E-state index contributed by atoms with van der Waals surface area (Å²) in [5.74, 6) is -6.18. The molecule has 0 saturated carbocycles. The van der Waals surface area contributed by atoms with Gasteiger partial charge in [0.15, 0.2) is 5.52 Å². The lowest BCUT2D eigenvalue weighted by molar-refractivity contribution is -0.144. The Morgan fingerprint density at radius 2 is 1.00 bits per heavy atom. The highest BCUT2D eigenvalue weighted by molar-refractivity contribution is 7.74. The summed E-state index contributed by atoms with van der Waals surface area (Å²) < 4.78 is 64.8. The number of allylic oxidation sites excluding steroid dienone is 2. The first-order valence-corrected chi connectivity index (χ1v) is 21.4. The van der Waals surface area contributed by atoms with Crippen LogP contribution in [0.3, 0.4) is 0 Å². The molecule has 0 heterocycles. The van der Waals surface area contributed by atoms with Gasteiger partial charge in [0.05, 0.1) is 13.2 Å². The van der Waals surface area contributed by atoms with Crippen LogP contribution in [0.2, 0.25) is 0 Å². The van der Waals surface area contributed by atoms with Crippen molar-refractivity contribution < 1.29 is 41.4 Å². The molecule has 0 saturated heterocycles. The van der Waals surface area contributed by atoms with Crippen LogP contribution in [0.15, 0.2) is 24.3 Å². The molecule has 0 aliphatic rings. The molecule has 0 aliphatic heterocycles. The Kier molecular flexibility index (Phi) is 30.6. The largest absolute Gasteiger partial charge is 0.465 e. The van der Waals surface area contributed by atoms with Crippen LogP contribution < -0.4 is 0 Å². The van der Waals surface area contributed by atoms with E-state index in [0.717, 1.165) is 114 Å². The first-order valence-electron chi connectivity index (χ1n) is 19.7. The van der Waals surface area contributed by atoms with E-state index in [1.165, 1.54) is 12.2 Å². The molecule has 51 heavy (non-hydrogen) atoms. The summed E-state index contributed by atoms with van der Waals surface area (Å²) >= 11 is 0. The van der Waals surface area contributed by atoms with Crippen molar-refractivity contribution >= 4 is 25.4 Å². The maximum atomic E-state index is 13.6. The lowest BCUT2D eigenvalue weighted by Crippen LogP contribution is -2.14. The van der Waals surface area contributed by atoms with Gasteiger partial charge < -0.3 is 14.4 Å². The quantitative estimate of drug-likeness (QED) is 0.0211. The average molecular weight is 752 g/mol. The Hall–Kier alpha value is -1.80. The second-order valence-corrected chi connectivity index (χ2v) is 16.3. The third-order valence-electron chi connectivity index (χ3n) is 8.51. The first kappa shape index (κ1) is 49.2. The van der Waals surface area contributed by atoms with Crippen LogP contribution in [0, 0.1) is 0 Å². The van der Waals surface area contributed by atoms with E-state index in [-0.39, 0.29) is 50.8 Å². The molecule has 0 unspecified atom stereocenters. The standard InChI is InChI=1S/C40H70F4NO5P/c1-5-7-27-39(41,42)29-17-19-32-49-36(46)24-15-11-9-13-21-34-51(38(48)26-23-31-45(3)4)35-22-14-10-12-16-25-37(47)50-33-20-18-30-40(43,44)28-8-6-2/h17-18,29-30H,5-16,19-28,31-35H2,1-4H3/b29-17-,30-18-. The molecule has 0 aromatic rings. The fourth-order valence-corrected chi connectivity index (χ4v) is 7.81. The monoisotopic (exact) mass is 751 g/mol. The summed E-state index contributed by atoms with van der Waals surface area (Å²) in [5, 5.41) is 0. The van der Waals surface area contributed by atoms with Crippen molar-refractivity contribution in [3.63, 3.8) is 0 Å². The minimum Gasteiger partial charge on any atom is -0.465 e. The molecular weight excluding hydrogens is 681 g/mol. The molecule has 0 atom stereocenters. The normalized spacial score (nSPS) is 12.5. The predicted octanol–water partition coefficient (Wildman–Crippen LogP) is 11.6. The van der Waals surface area contributed by atoms with E-state index in [0.29, 0.717) is 37.6 Å². The zero-order valence-electron chi connectivity index (χ0n) is 32.3. The van der Waals surface area contributed by atoms with E-state index in [9.17, 15) is 31.9 Å². The zero-order chi connectivity index (χ0) is 38.2. The number of hydrogen-bond donors (Lipinski definition) is 0. The van der Waals surface area contributed by atoms with E-state index in [1.807, 2.05) is 27.9 Å². The highest BCUT2D eigenvalue weighted by Crippen LogP contribution is 2.41. The SMILES string of the molecule is CCCCC(F)(F)/C=C\CCOC(=O)CCCCCCCP(CCCCCCCC(=O)OCC/C=C\C(F)(F)CCCC)C(=O)CCCN(C)C. The highest BCUT2D eigenvalue weighted by atomic mass is 31.1. The van der Waals surface area contributed by atoms with Crippen LogP contribution in [0.25, 0.3) is 0 Å². The number of alkyl halides is 4. The van der Waals surface area contributed by atoms with Crippen LogP contribution in [-0.2, 0) is 23.9 Å². The van der Waals surface area contributed by atoms with Gasteiger partial charge in [-0.2, -0.15) is 0 Å². The summed E-state index contributed by atoms with van der Waals surface area (Å²) in [4.78, 5) is 39.1. The number of halogens is 4. The van der Waals surface area contributed by atoms with Crippen molar-refractivity contribution in [3.05, 3.63) is 24.3 Å². The van der Waals surface area contributed by atoms with Gasteiger partial charge in [0.25, 0.3) is 11.8 Å². The van der Waals surface area contributed by atoms with Crippen LogP contribution in [0.4, 0.5) is 17.6 Å². The third kappa shape index (κ3) is 32.6. The molecule has 0 fully saturated rings. The van der Waals surface area contributed by atoms with Crippen LogP contribution >= 0.6 is 7.92 Å². The van der Waals surface area contributed by atoms with Gasteiger partial charge in [-0.3, -0.25) is 14.4 Å². The van der Waals surface area contributed by atoms with Crippen molar-refractivity contribution in [2.45, 2.75) is 167 Å². The first-order chi connectivity index (χ1) is 24.3. The summed E-state index contributed by atoms with van der Waals surface area (Å²) in [6.07, 6.45) is 20.7. The van der Waals surface area contributed by atoms with E-state index < -0.39 is 19.8 Å². The second-order valence-electron chi connectivity index (χ2n) is 13.9. The van der Waals surface area contributed by atoms with E-state index in [4.69, 9.17) is 9.47 Å². The molecule has 0 bridgehead atoms. The van der Waals surface area contributed by atoms with Crippen LogP contribution in [-0.4, -0.2) is 80.4 Å².